The van der Waals surface area contributed by atoms with Gasteiger partial charge in [-0.05, 0) is 60.9 Å². The maximum absolute atomic E-state index is 14.0. The Labute approximate surface area is 243 Å². The number of aryl methyl sites for hydroxylation is 1. The summed E-state index contributed by atoms with van der Waals surface area (Å²) in [7, 11) is 0. The fraction of sp³-hybridized carbons (Fsp3) is 0.156. The Hall–Kier alpha value is -5.09. The number of ether oxygens (including phenoxy) is 1. The highest BCUT2D eigenvalue weighted by Crippen LogP contribution is 2.35. The Morgan fingerprint density at radius 1 is 1.12 bits per heavy atom. The van der Waals surface area contributed by atoms with Crippen LogP contribution >= 0.6 is 11.3 Å². The molecule has 2 aromatic heterocycles. The minimum atomic E-state index is -0.754. The number of benzene rings is 3. The van der Waals surface area contributed by atoms with Crippen LogP contribution in [0.4, 0.5) is 5.69 Å². The van der Waals surface area contributed by atoms with Crippen LogP contribution in [0.2, 0.25) is 0 Å². The lowest BCUT2D eigenvalue weighted by Crippen LogP contribution is -2.40. The van der Waals surface area contributed by atoms with Gasteiger partial charge in [0.1, 0.15) is 11.5 Å². The number of rotatable bonds is 6. The standard InChI is InChI=1S/C32H25N3O6S/c1-4-40-31(37)28-19(3)33-32-34(29(28)23-11-7-9-20-8-5-6-10-22(20)23)30(36)27(42-32)17-21-13-15-26(41-21)24-14-12-18(2)16-25(24)35(38)39/h5-17,29H,4H2,1-3H3/b27-17-/t29-/m0/s1. The molecule has 10 heteroatoms. The molecule has 5 aromatic rings. The third-order valence-electron chi connectivity index (χ3n) is 7.15. The first-order valence-corrected chi connectivity index (χ1v) is 14.1. The van der Waals surface area contributed by atoms with Crippen molar-refractivity contribution in [2.75, 3.05) is 6.61 Å². The zero-order chi connectivity index (χ0) is 29.5. The minimum Gasteiger partial charge on any atom is -0.463 e. The van der Waals surface area contributed by atoms with Crippen LogP contribution in [0.3, 0.4) is 0 Å². The van der Waals surface area contributed by atoms with Crippen LogP contribution in [0.25, 0.3) is 28.2 Å². The third-order valence-corrected chi connectivity index (χ3v) is 8.13. The van der Waals surface area contributed by atoms with Gasteiger partial charge in [-0.15, -0.1) is 0 Å². The number of hydrogen-bond donors (Lipinski definition) is 0. The molecule has 0 fully saturated rings. The zero-order valence-electron chi connectivity index (χ0n) is 23.0. The van der Waals surface area contributed by atoms with Gasteiger partial charge in [-0.2, -0.15) is 0 Å². The Morgan fingerprint density at radius 3 is 2.69 bits per heavy atom. The van der Waals surface area contributed by atoms with Crippen LogP contribution in [0.15, 0.2) is 98.3 Å². The van der Waals surface area contributed by atoms with Crippen molar-refractivity contribution in [2.45, 2.75) is 26.8 Å². The highest BCUT2D eigenvalue weighted by Gasteiger charge is 2.34. The first-order valence-electron chi connectivity index (χ1n) is 13.3. The molecular formula is C32H25N3O6S. The maximum atomic E-state index is 14.0. The van der Waals surface area contributed by atoms with E-state index in [9.17, 15) is 19.7 Å². The molecule has 0 N–H and O–H groups in total. The summed E-state index contributed by atoms with van der Waals surface area (Å²) in [6.07, 6.45) is 1.59. The predicted molar refractivity (Wildman–Crippen MR) is 160 cm³/mol. The van der Waals surface area contributed by atoms with E-state index in [4.69, 9.17) is 9.15 Å². The van der Waals surface area contributed by atoms with E-state index in [0.717, 1.165) is 21.9 Å². The van der Waals surface area contributed by atoms with Crippen molar-refractivity contribution < 1.29 is 18.9 Å². The van der Waals surface area contributed by atoms with Crippen molar-refractivity contribution in [3.63, 3.8) is 0 Å². The van der Waals surface area contributed by atoms with Crippen molar-refractivity contribution in [2.24, 2.45) is 4.99 Å². The molecular weight excluding hydrogens is 554 g/mol. The molecule has 0 amide bonds. The van der Waals surface area contributed by atoms with E-state index >= 15 is 0 Å². The second kappa shape index (κ2) is 10.7. The third kappa shape index (κ3) is 4.65. The number of esters is 1. The second-order valence-corrected chi connectivity index (χ2v) is 10.9. The topological polar surface area (TPSA) is 117 Å². The SMILES string of the molecule is CCOC(=O)C1=C(C)N=c2s/c(=C\c3ccc(-c4ccc(C)cc4[N+](=O)[O-])o3)c(=O)n2[C@H]1c1cccc2ccccc12. The number of hydrogen-bond acceptors (Lipinski definition) is 8. The molecule has 0 aliphatic carbocycles. The Balaban J connectivity index is 1.52. The number of nitro benzene ring substituents is 1. The van der Waals surface area contributed by atoms with Crippen molar-refractivity contribution in [1.29, 1.82) is 0 Å². The number of carbonyl (C=O) groups is 1. The van der Waals surface area contributed by atoms with Gasteiger partial charge in [-0.25, -0.2) is 9.79 Å². The molecule has 3 aromatic carbocycles. The fourth-order valence-corrected chi connectivity index (χ4v) is 6.31. The first-order chi connectivity index (χ1) is 20.3. The lowest BCUT2D eigenvalue weighted by atomic mass is 9.91. The molecule has 210 valence electrons. The van der Waals surface area contributed by atoms with Gasteiger partial charge < -0.3 is 9.15 Å². The molecule has 6 rings (SSSR count). The van der Waals surface area contributed by atoms with Gasteiger partial charge in [0, 0.05) is 12.1 Å². The quantitative estimate of drug-likeness (QED) is 0.151. The summed E-state index contributed by atoms with van der Waals surface area (Å²) in [6.45, 7) is 5.44. The molecule has 0 spiro atoms. The smallest absolute Gasteiger partial charge is 0.338 e. The molecule has 0 saturated heterocycles. The maximum Gasteiger partial charge on any atom is 0.338 e. The number of fused-ring (bicyclic) bond motifs is 2. The van der Waals surface area contributed by atoms with E-state index in [1.165, 1.54) is 22.0 Å². The zero-order valence-corrected chi connectivity index (χ0v) is 23.8. The number of aromatic nitrogens is 1. The summed E-state index contributed by atoms with van der Waals surface area (Å²) in [5.41, 5.74) is 2.27. The van der Waals surface area contributed by atoms with E-state index in [0.29, 0.717) is 37.7 Å². The Kier molecular flexibility index (Phi) is 6.91. The Bertz CT molecular complexity index is 2110. The summed E-state index contributed by atoms with van der Waals surface area (Å²) in [5.74, 6) is 0.143. The lowest BCUT2D eigenvalue weighted by molar-refractivity contribution is -0.384. The lowest BCUT2D eigenvalue weighted by Gasteiger charge is -2.25. The number of furan rings is 1. The van der Waals surface area contributed by atoms with Crippen LogP contribution in [0.1, 0.15) is 36.8 Å². The largest absolute Gasteiger partial charge is 0.463 e. The predicted octanol–water partition coefficient (Wildman–Crippen LogP) is 5.43. The summed E-state index contributed by atoms with van der Waals surface area (Å²) in [6, 6.07) is 21.1. The van der Waals surface area contributed by atoms with E-state index in [1.54, 1.807) is 51.1 Å². The summed E-state index contributed by atoms with van der Waals surface area (Å²) >= 11 is 1.18. The van der Waals surface area contributed by atoms with Gasteiger partial charge >= 0.3 is 5.97 Å². The average molecular weight is 580 g/mol. The van der Waals surface area contributed by atoms with Gasteiger partial charge in [0.2, 0.25) is 0 Å². The summed E-state index contributed by atoms with van der Waals surface area (Å²) < 4.78 is 13.2. The molecule has 1 aliphatic rings. The normalized spacial score (nSPS) is 15.0. The average Bonchev–Trinajstić information content (AvgIpc) is 3.56. The number of thiazole rings is 1. The molecule has 0 bridgehead atoms. The van der Waals surface area contributed by atoms with Gasteiger partial charge in [0.25, 0.3) is 11.2 Å². The number of nitrogens with zero attached hydrogens (tertiary/aromatic N) is 3. The summed E-state index contributed by atoms with van der Waals surface area (Å²) in [4.78, 5) is 43.5. The second-order valence-electron chi connectivity index (χ2n) is 9.85. The highest BCUT2D eigenvalue weighted by atomic mass is 32.1. The molecule has 0 radical (unpaired) electrons. The molecule has 3 heterocycles. The molecule has 9 nitrogen and oxygen atoms in total. The number of allylic oxidation sites excluding steroid dienone is 1. The minimum absolute atomic E-state index is 0.0627. The van der Waals surface area contributed by atoms with Crippen LogP contribution in [0, 0.1) is 17.0 Å². The van der Waals surface area contributed by atoms with E-state index in [1.807, 2.05) is 42.5 Å². The monoisotopic (exact) mass is 579 g/mol. The van der Waals surface area contributed by atoms with Crippen LogP contribution in [-0.2, 0) is 9.53 Å². The molecule has 1 aliphatic heterocycles. The van der Waals surface area contributed by atoms with Gasteiger partial charge in [-0.1, -0.05) is 59.9 Å². The summed E-state index contributed by atoms with van der Waals surface area (Å²) in [5, 5.41) is 13.5. The number of carbonyl (C=O) groups excluding carboxylic acids is 1. The van der Waals surface area contributed by atoms with Crippen molar-refractivity contribution >= 4 is 39.8 Å². The van der Waals surface area contributed by atoms with Crippen LogP contribution in [-0.4, -0.2) is 22.1 Å². The first kappa shape index (κ1) is 27.1. The van der Waals surface area contributed by atoms with Crippen molar-refractivity contribution in [1.82, 2.24) is 4.57 Å². The van der Waals surface area contributed by atoms with Crippen molar-refractivity contribution in [3.05, 3.63) is 131 Å². The van der Waals surface area contributed by atoms with E-state index in [2.05, 4.69) is 4.99 Å². The molecule has 42 heavy (non-hydrogen) atoms. The molecule has 0 unspecified atom stereocenters. The highest BCUT2D eigenvalue weighted by molar-refractivity contribution is 7.07. The van der Waals surface area contributed by atoms with Gasteiger partial charge in [0.15, 0.2) is 4.80 Å². The molecule has 1 atom stereocenters. The van der Waals surface area contributed by atoms with E-state index in [-0.39, 0.29) is 17.9 Å². The molecule has 0 saturated carbocycles. The van der Waals surface area contributed by atoms with Crippen molar-refractivity contribution in [3.8, 4) is 11.3 Å². The fourth-order valence-electron chi connectivity index (χ4n) is 5.28. The Morgan fingerprint density at radius 2 is 1.90 bits per heavy atom. The van der Waals surface area contributed by atoms with Gasteiger partial charge in [-0.3, -0.25) is 19.5 Å². The van der Waals surface area contributed by atoms with Crippen LogP contribution < -0.4 is 14.9 Å². The number of nitro groups is 1. The van der Waals surface area contributed by atoms with Crippen LogP contribution in [0.5, 0.6) is 0 Å². The van der Waals surface area contributed by atoms with Gasteiger partial charge in [0.05, 0.1) is 38.9 Å². The van der Waals surface area contributed by atoms with E-state index < -0.39 is 16.9 Å².